The molecule has 1 unspecified atom stereocenters. The predicted octanol–water partition coefficient (Wildman–Crippen LogP) is 0.727. The van der Waals surface area contributed by atoms with Gasteiger partial charge >= 0.3 is 0 Å². The van der Waals surface area contributed by atoms with Crippen LogP contribution in [0.25, 0.3) is 0 Å². The van der Waals surface area contributed by atoms with E-state index in [0.717, 1.165) is 19.1 Å². The minimum atomic E-state index is 0.192. The molecule has 2 heteroatoms. The van der Waals surface area contributed by atoms with Crippen molar-refractivity contribution in [2.24, 2.45) is 5.92 Å². The minimum Gasteiger partial charge on any atom is -0.374 e. The smallest absolute Gasteiger partial charge is 0.0784 e. The second-order valence-corrected chi connectivity index (χ2v) is 4.03. The van der Waals surface area contributed by atoms with Crippen molar-refractivity contribution in [3.63, 3.8) is 0 Å². The normalized spacial score (nSPS) is 48.0. The summed E-state index contributed by atoms with van der Waals surface area (Å²) in [6, 6.07) is 0. The van der Waals surface area contributed by atoms with Crippen molar-refractivity contribution in [1.82, 2.24) is 4.90 Å². The molecule has 0 aromatic carbocycles. The third-order valence-corrected chi connectivity index (χ3v) is 2.56. The number of rotatable bonds is 0. The van der Waals surface area contributed by atoms with E-state index in [1.807, 2.05) is 0 Å². The van der Waals surface area contributed by atoms with Crippen molar-refractivity contribution in [3.8, 4) is 0 Å². The molecule has 0 aromatic rings. The maximum absolute atomic E-state index is 5.69. The van der Waals surface area contributed by atoms with Crippen LogP contribution in [0.15, 0.2) is 0 Å². The zero-order chi connectivity index (χ0) is 7.19. The Bertz CT molecular complexity index is 148. The molecule has 0 aromatic heterocycles. The number of likely N-dealkylation sites (tertiary alicyclic amines) is 1. The van der Waals surface area contributed by atoms with Crippen LogP contribution in [-0.2, 0) is 4.74 Å². The lowest BCUT2D eigenvalue weighted by atomic mass is 9.91. The standard InChI is InChI=1S/C8H15NO/c1-8-3-7(5-10-8)4-9(2)6-8/h7H,3-6H2,1-2H3/t7?,8-/m0/s1. The lowest BCUT2D eigenvalue weighted by Gasteiger charge is -2.33. The monoisotopic (exact) mass is 141 g/mol. The summed E-state index contributed by atoms with van der Waals surface area (Å²) in [5.41, 5.74) is 0.192. The third-order valence-electron chi connectivity index (χ3n) is 2.56. The molecule has 0 N–H and O–H groups in total. The largest absolute Gasteiger partial charge is 0.374 e. The van der Waals surface area contributed by atoms with E-state index in [0.29, 0.717) is 0 Å². The molecule has 58 valence electrons. The zero-order valence-electron chi connectivity index (χ0n) is 6.76. The summed E-state index contributed by atoms with van der Waals surface area (Å²) in [6.07, 6.45) is 1.28. The second-order valence-electron chi connectivity index (χ2n) is 4.03. The summed E-state index contributed by atoms with van der Waals surface area (Å²) in [7, 11) is 2.18. The quantitative estimate of drug-likeness (QED) is 0.493. The fraction of sp³-hybridized carbons (Fsp3) is 1.00. The Morgan fingerprint density at radius 2 is 2.40 bits per heavy atom. The zero-order valence-corrected chi connectivity index (χ0v) is 6.76. The number of piperidine rings is 1. The molecule has 0 saturated carbocycles. The lowest BCUT2D eigenvalue weighted by molar-refractivity contribution is 0.00160. The van der Waals surface area contributed by atoms with Gasteiger partial charge in [0, 0.05) is 13.1 Å². The Hall–Kier alpha value is -0.0800. The highest BCUT2D eigenvalue weighted by atomic mass is 16.5. The molecule has 2 heterocycles. The first-order valence-corrected chi connectivity index (χ1v) is 4.00. The molecule has 0 amide bonds. The van der Waals surface area contributed by atoms with Gasteiger partial charge in [-0.1, -0.05) is 0 Å². The molecule has 2 fully saturated rings. The van der Waals surface area contributed by atoms with Crippen molar-refractivity contribution in [3.05, 3.63) is 0 Å². The van der Waals surface area contributed by atoms with Gasteiger partial charge in [-0.15, -0.1) is 0 Å². The van der Waals surface area contributed by atoms with Crippen LogP contribution in [0.5, 0.6) is 0 Å². The van der Waals surface area contributed by atoms with Gasteiger partial charge < -0.3 is 9.64 Å². The SMILES string of the molecule is CN1CC2CO[C@@](C)(C2)C1. The van der Waals surface area contributed by atoms with Gasteiger partial charge in [0.25, 0.3) is 0 Å². The van der Waals surface area contributed by atoms with Crippen molar-refractivity contribution in [2.75, 3.05) is 26.7 Å². The molecule has 2 bridgehead atoms. The Labute approximate surface area is 62.2 Å². The fourth-order valence-electron chi connectivity index (χ4n) is 2.35. The predicted molar refractivity (Wildman–Crippen MR) is 40.0 cm³/mol. The second kappa shape index (κ2) is 1.95. The van der Waals surface area contributed by atoms with Gasteiger partial charge in [-0.2, -0.15) is 0 Å². The van der Waals surface area contributed by atoms with E-state index in [9.17, 15) is 0 Å². The highest BCUT2D eigenvalue weighted by molar-refractivity contribution is 4.92. The van der Waals surface area contributed by atoms with E-state index in [2.05, 4.69) is 18.9 Å². The highest BCUT2D eigenvalue weighted by Gasteiger charge is 2.41. The molecule has 2 rings (SSSR count). The number of nitrogens with zero attached hydrogens (tertiary/aromatic N) is 1. The van der Waals surface area contributed by atoms with Gasteiger partial charge in [0.2, 0.25) is 0 Å². The highest BCUT2D eigenvalue weighted by Crippen LogP contribution is 2.34. The van der Waals surface area contributed by atoms with Gasteiger partial charge in [-0.3, -0.25) is 0 Å². The van der Waals surface area contributed by atoms with Gasteiger partial charge in [-0.25, -0.2) is 0 Å². The van der Waals surface area contributed by atoms with Gasteiger partial charge in [0.1, 0.15) is 0 Å². The van der Waals surface area contributed by atoms with Crippen LogP contribution < -0.4 is 0 Å². The van der Waals surface area contributed by atoms with E-state index in [-0.39, 0.29) is 5.60 Å². The van der Waals surface area contributed by atoms with Gasteiger partial charge in [0.05, 0.1) is 12.2 Å². The number of likely N-dealkylation sites (N-methyl/N-ethyl adjacent to an activating group) is 1. The Balaban J connectivity index is 2.13. The first kappa shape index (κ1) is 6.62. The van der Waals surface area contributed by atoms with Crippen molar-refractivity contribution in [2.45, 2.75) is 18.9 Å². The van der Waals surface area contributed by atoms with Crippen LogP contribution in [0.2, 0.25) is 0 Å². The van der Waals surface area contributed by atoms with E-state index >= 15 is 0 Å². The molecule has 0 spiro atoms. The molecule has 2 aliphatic rings. The summed E-state index contributed by atoms with van der Waals surface area (Å²) in [4.78, 5) is 2.38. The maximum atomic E-state index is 5.69. The van der Waals surface area contributed by atoms with Crippen LogP contribution in [0.3, 0.4) is 0 Å². The maximum Gasteiger partial charge on any atom is 0.0784 e. The topological polar surface area (TPSA) is 12.5 Å². The Morgan fingerprint density at radius 3 is 3.10 bits per heavy atom. The van der Waals surface area contributed by atoms with E-state index in [1.165, 1.54) is 13.0 Å². The fourth-order valence-corrected chi connectivity index (χ4v) is 2.35. The number of hydrogen-bond acceptors (Lipinski definition) is 2. The summed E-state index contributed by atoms with van der Waals surface area (Å²) < 4.78 is 5.69. The van der Waals surface area contributed by atoms with Crippen molar-refractivity contribution in [1.29, 1.82) is 0 Å². The Morgan fingerprint density at radius 1 is 1.60 bits per heavy atom. The summed E-state index contributed by atoms with van der Waals surface area (Å²) >= 11 is 0. The van der Waals surface area contributed by atoms with Crippen LogP contribution in [-0.4, -0.2) is 37.2 Å². The number of ether oxygens (including phenoxy) is 1. The van der Waals surface area contributed by atoms with E-state index in [1.54, 1.807) is 0 Å². The molecule has 0 radical (unpaired) electrons. The molecule has 0 aliphatic carbocycles. The third kappa shape index (κ3) is 0.956. The minimum absolute atomic E-state index is 0.192. The summed E-state index contributed by atoms with van der Waals surface area (Å²) in [5.74, 6) is 0.809. The van der Waals surface area contributed by atoms with Crippen LogP contribution in [0, 0.1) is 5.92 Å². The average Bonchev–Trinajstić information content (AvgIpc) is 2.06. The number of fused-ring (bicyclic) bond motifs is 2. The van der Waals surface area contributed by atoms with Gasteiger partial charge in [0.15, 0.2) is 0 Å². The van der Waals surface area contributed by atoms with Gasteiger partial charge in [-0.05, 0) is 26.3 Å². The Kier molecular flexibility index (Phi) is 1.29. The molecular weight excluding hydrogens is 126 g/mol. The molecular formula is C8H15NO. The molecule has 10 heavy (non-hydrogen) atoms. The van der Waals surface area contributed by atoms with E-state index < -0.39 is 0 Å². The summed E-state index contributed by atoms with van der Waals surface area (Å²) in [5, 5.41) is 0. The van der Waals surface area contributed by atoms with Crippen LogP contribution in [0.1, 0.15) is 13.3 Å². The molecule has 2 aliphatic heterocycles. The lowest BCUT2D eigenvalue weighted by Crippen LogP contribution is -2.43. The molecule has 2 nitrogen and oxygen atoms in total. The first-order valence-electron chi connectivity index (χ1n) is 4.00. The van der Waals surface area contributed by atoms with Crippen LogP contribution >= 0.6 is 0 Å². The van der Waals surface area contributed by atoms with Crippen molar-refractivity contribution < 1.29 is 4.74 Å². The van der Waals surface area contributed by atoms with E-state index in [4.69, 9.17) is 4.74 Å². The first-order chi connectivity index (χ1) is 4.68. The molecule has 2 atom stereocenters. The molecule has 2 saturated heterocycles. The average molecular weight is 141 g/mol. The van der Waals surface area contributed by atoms with Crippen molar-refractivity contribution >= 4 is 0 Å². The number of hydrogen-bond donors (Lipinski definition) is 0. The summed E-state index contributed by atoms with van der Waals surface area (Å²) in [6.45, 7) is 5.56. The van der Waals surface area contributed by atoms with Crippen LogP contribution in [0.4, 0.5) is 0 Å².